The van der Waals surface area contributed by atoms with Crippen LogP contribution in [0.15, 0.2) is 54.7 Å². The van der Waals surface area contributed by atoms with Crippen molar-refractivity contribution < 1.29 is 9.53 Å². The summed E-state index contributed by atoms with van der Waals surface area (Å²) in [5.41, 5.74) is 4.21. The molecule has 1 unspecified atom stereocenters. The first-order valence-electron chi connectivity index (χ1n) is 9.86. The van der Waals surface area contributed by atoms with E-state index >= 15 is 0 Å². The first kappa shape index (κ1) is 19.2. The van der Waals surface area contributed by atoms with Crippen molar-refractivity contribution in [2.75, 3.05) is 27.2 Å². The summed E-state index contributed by atoms with van der Waals surface area (Å²) in [6.07, 6.45) is 2.80. The number of aromatic nitrogens is 2. The van der Waals surface area contributed by atoms with Gasteiger partial charge in [-0.15, -0.1) is 0 Å². The maximum Gasteiger partial charge on any atom is 0.257 e. The van der Waals surface area contributed by atoms with Crippen molar-refractivity contribution in [3.8, 4) is 22.7 Å². The number of nitrogens with zero attached hydrogens (tertiary/aromatic N) is 3. The van der Waals surface area contributed by atoms with Crippen LogP contribution in [0.1, 0.15) is 22.3 Å². The number of hydrogen-bond acceptors (Lipinski definition) is 4. The van der Waals surface area contributed by atoms with Crippen molar-refractivity contribution >= 4 is 5.91 Å². The van der Waals surface area contributed by atoms with Crippen LogP contribution in [0, 0.1) is 6.92 Å². The highest BCUT2D eigenvalue weighted by molar-refractivity contribution is 6.00. The highest BCUT2D eigenvalue weighted by Crippen LogP contribution is 2.28. The second-order valence-corrected chi connectivity index (χ2v) is 7.47. The fraction of sp³-hybridized carbons (Fsp3) is 0.304. The number of aryl methyl sites for hydroxylation is 1. The highest BCUT2D eigenvalue weighted by Gasteiger charge is 2.28. The van der Waals surface area contributed by atoms with E-state index < -0.39 is 0 Å². The van der Waals surface area contributed by atoms with Crippen LogP contribution in [0.5, 0.6) is 5.75 Å². The van der Waals surface area contributed by atoms with E-state index in [0.29, 0.717) is 11.3 Å². The quantitative estimate of drug-likeness (QED) is 0.726. The standard InChI is InChI=1S/C23H26N4O2/c1-16-7-9-18(10-8-16)27-15-21(23(28)26(2)19-11-12-24-14-19)22(25-27)17-5-4-6-20(13-17)29-3/h4-10,13,15,19,24H,11-12,14H2,1-3H3. The van der Waals surface area contributed by atoms with Crippen LogP contribution in [0.2, 0.25) is 0 Å². The fourth-order valence-corrected chi connectivity index (χ4v) is 3.67. The molecule has 2 aromatic carbocycles. The fourth-order valence-electron chi connectivity index (χ4n) is 3.67. The third-order valence-electron chi connectivity index (χ3n) is 5.49. The number of nitrogens with one attached hydrogen (secondary N) is 1. The Labute approximate surface area is 171 Å². The Morgan fingerprint density at radius 3 is 2.72 bits per heavy atom. The lowest BCUT2D eigenvalue weighted by atomic mass is 10.1. The largest absolute Gasteiger partial charge is 0.497 e. The van der Waals surface area contributed by atoms with Crippen LogP contribution in [0.3, 0.4) is 0 Å². The molecule has 1 aliphatic heterocycles. The summed E-state index contributed by atoms with van der Waals surface area (Å²) in [6, 6.07) is 16.0. The molecule has 0 bridgehead atoms. The van der Waals surface area contributed by atoms with Crippen LogP contribution in [0.25, 0.3) is 16.9 Å². The monoisotopic (exact) mass is 390 g/mol. The smallest absolute Gasteiger partial charge is 0.257 e. The van der Waals surface area contributed by atoms with E-state index in [9.17, 15) is 4.79 Å². The van der Waals surface area contributed by atoms with Gasteiger partial charge < -0.3 is 15.0 Å². The molecule has 1 saturated heterocycles. The number of methoxy groups -OCH3 is 1. The molecule has 0 spiro atoms. The molecular weight excluding hydrogens is 364 g/mol. The van der Waals surface area contributed by atoms with Crippen LogP contribution in [-0.4, -0.2) is 53.9 Å². The zero-order chi connectivity index (χ0) is 20.4. The molecule has 150 valence electrons. The van der Waals surface area contributed by atoms with Crippen molar-refractivity contribution in [3.63, 3.8) is 0 Å². The second-order valence-electron chi connectivity index (χ2n) is 7.47. The Kier molecular flexibility index (Phi) is 5.36. The number of amides is 1. The number of carbonyl (C=O) groups excluding carboxylic acids is 1. The lowest BCUT2D eigenvalue weighted by Gasteiger charge is -2.23. The normalized spacial score (nSPS) is 16.0. The molecule has 29 heavy (non-hydrogen) atoms. The summed E-state index contributed by atoms with van der Waals surface area (Å²) < 4.78 is 7.15. The van der Waals surface area contributed by atoms with E-state index in [4.69, 9.17) is 9.84 Å². The average molecular weight is 390 g/mol. The minimum atomic E-state index is -0.0186. The summed E-state index contributed by atoms with van der Waals surface area (Å²) in [6.45, 7) is 3.81. The number of rotatable bonds is 5. The predicted octanol–water partition coefficient (Wildman–Crippen LogP) is 3.29. The van der Waals surface area contributed by atoms with E-state index in [1.54, 1.807) is 11.8 Å². The number of hydrogen-bond donors (Lipinski definition) is 1. The van der Waals surface area contributed by atoms with Gasteiger partial charge in [0.1, 0.15) is 11.4 Å². The van der Waals surface area contributed by atoms with Gasteiger partial charge in [0.25, 0.3) is 5.91 Å². The molecule has 4 rings (SSSR count). The number of carbonyl (C=O) groups is 1. The Morgan fingerprint density at radius 2 is 2.03 bits per heavy atom. The number of benzene rings is 2. The van der Waals surface area contributed by atoms with Gasteiger partial charge in [-0.05, 0) is 44.2 Å². The lowest BCUT2D eigenvalue weighted by Crippen LogP contribution is -2.38. The molecule has 0 saturated carbocycles. The Balaban J connectivity index is 1.78. The second kappa shape index (κ2) is 8.09. The van der Waals surface area contributed by atoms with E-state index in [-0.39, 0.29) is 11.9 Å². The molecule has 6 heteroatoms. The topological polar surface area (TPSA) is 59.4 Å². The van der Waals surface area contributed by atoms with Gasteiger partial charge in [-0.3, -0.25) is 4.79 Å². The van der Waals surface area contributed by atoms with Crippen LogP contribution in [-0.2, 0) is 0 Å². The first-order chi connectivity index (χ1) is 14.1. The minimum absolute atomic E-state index is 0.0186. The first-order valence-corrected chi connectivity index (χ1v) is 9.86. The number of ether oxygens (including phenoxy) is 1. The van der Waals surface area contributed by atoms with Gasteiger partial charge in [0.15, 0.2) is 0 Å². The van der Waals surface area contributed by atoms with E-state index in [1.807, 2.05) is 73.6 Å². The van der Waals surface area contributed by atoms with Gasteiger partial charge >= 0.3 is 0 Å². The third kappa shape index (κ3) is 3.89. The maximum absolute atomic E-state index is 13.4. The van der Waals surface area contributed by atoms with Gasteiger partial charge in [0.2, 0.25) is 0 Å². The minimum Gasteiger partial charge on any atom is -0.497 e. The van der Waals surface area contributed by atoms with Crippen molar-refractivity contribution in [2.45, 2.75) is 19.4 Å². The van der Waals surface area contributed by atoms with Crippen LogP contribution < -0.4 is 10.1 Å². The molecule has 0 aliphatic carbocycles. The van der Waals surface area contributed by atoms with Gasteiger partial charge in [-0.25, -0.2) is 4.68 Å². The SMILES string of the molecule is COc1cccc(-c2nn(-c3ccc(C)cc3)cc2C(=O)N(C)C2CCNC2)c1. The molecule has 6 nitrogen and oxygen atoms in total. The molecule has 2 heterocycles. The van der Waals surface area contributed by atoms with Gasteiger partial charge in [-0.2, -0.15) is 5.10 Å². The molecule has 0 radical (unpaired) electrons. The van der Waals surface area contributed by atoms with Crippen molar-refractivity contribution in [1.82, 2.24) is 20.0 Å². The summed E-state index contributed by atoms with van der Waals surface area (Å²) >= 11 is 0. The Bertz CT molecular complexity index is 1000. The molecule has 1 fully saturated rings. The lowest BCUT2D eigenvalue weighted by molar-refractivity contribution is 0.0744. The van der Waals surface area contributed by atoms with E-state index in [1.165, 1.54) is 5.56 Å². The summed E-state index contributed by atoms with van der Waals surface area (Å²) in [5, 5.41) is 8.11. The van der Waals surface area contributed by atoms with Gasteiger partial charge in [-0.1, -0.05) is 29.8 Å². The van der Waals surface area contributed by atoms with E-state index in [2.05, 4.69) is 5.32 Å². The molecule has 1 amide bonds. The third-order valence-corrected chi connectivity index (χ3v) is 5.49. The summed E-state index contributed by atoms with van der Waals surface area (Å²) in [7, 11) is 3.51. The Morgan fingerprint density at radius 1 is 1.24 bits per heavy atom. The van der Waals surface area contributed by atoms with Crippen molar-refractivity contribution in [3.05, 3.63) is 65.9 Å². The number of likely N-dealkylation sites (N-methyl/N-ethyl adjacent to an activating group) is 1. The van der Waals surface area contributed by atoms with Crippen LogP contribution >= 0.6 is 0 Å². The van der Waals surface area contributed by atoms with Gasteiger partial charge in [0, 0.05) is 31.4 Å². The molecular formula is C23H26N4O2. The van der Waals surface area contributed by atoms with Gasteiger partial charge in [0.05, 0.1) is 18.4 Å². The van der Waals surface area contributed by atoms with E-state index in [0.717, 1.165) is 36.5 Å². The zero-order valence-electron chi connectivity index (χ0n) is 17.1. The van der Waals surface area contributed by atoms with Crippen molar-refractivity contribution in [1.29, 1.82) is 0 Å². The van der Waals surface area contributed by atoms with Crippen LogP contribution in [0.4, 0.5) is 0 Å². The molecule has 3 aromatic rings. The van der Waals surface area contributed by atoms with Crippen molar-refractivity contribution in [2.24, 2.45) is 0 Å². The highest BCUT2D eigenvalue weighted by atomic mass is 16.5. The molecule has 1 N–H and O–H groups in total. The summed E-state index contributed by atoms with van der Waals surface area (Å²) in [5.74, 6) is 0.717. The molecule has 1 aromatic heterocycles. The predicted molar refractivity (Wildman–Crippen MR) is 114 cm³/mol. The zero-order valence-corrected chi connectivity index (χ0v) is 17.1. The average Bonchev–Trinajstić information content (AvgIpc) is 3.44. The Hall–Kier alpha value is -3.12. The summed E-state index contributed by atoms with van der Waals surface area (Å²) in [4.78, 5) is 15.2. The maximum atomic E-state index is 13.4. The molecule has 1 atom stereocenters. The molecule has 1 aliphatic rings.